The summed E-state index contributed by atoms with van der Waals surface area (Å²) < 4.78 is 27.2. The first-order valence-electron chi connectivity index (χ1n) is 4.90. The molecule has 0 aliphatic rings. The summed E-state index contributed by atoms with van der Waals surface area (Å²) in [4.78, 5) is 0. The van der Waals surface area contributed by atoms with Crippen LogP contribution < -0.4 is 0 Å². The molecular weight excluding hydrogens is 309 g/mol. The standard InChI is InChI=1S/C13H8BrClF2/c1-7-3-2-4-10(15)12(7)13-9(14)5-8(16)6-11(13)17/h2-6H,1H3. The van der Waals surface area contributed by atoms with E-state index < -0.39 is 11.6 Å². The molecule has 17 heavy (non-hydrogen) atoms. The molecule has 0 amide bonds. The van der Waals surface area contributed by atoms with E-state index in [0.717, 1.165) is 11.6 Å². The molecule has 0 aliphatic heterocycles. The normalized spacial score (nSPS) is 10.6. The van der Waals surface area contributed by atoms with Crippen molar-refractivity contribution in [3.8, 4) is 11.1 Å². The summed E-state index contributed by atoms with van der Waals surface area (Å²) in [7, 11) is 0. The Balaban J connectivity index is 2.77. The van der Waals surface area contributed by atoms with Crippen molar-refractivity contribution in [2.75, 3.05) is 0 Å². The maximum absolute atomic E-state index is 13.8. The molecule has 0 heterocycles. The Bertz CT molecular complexity index is 538. The number of hydrogen-bond donors (Lipinski definition) is 0. The summed E-state index contributed by atoms with van der Waals surface area (Å²) in [5.41, 5.74) is 1.71. The molecule has 88 valence electrons. The van der Waals surface area contributed by atoms with Crippen LogP contribution in [0.4, 0.5) is 8.78 Å². The predicted molar refractivity (Wildman–Crippen MR) is 69.2 cm³/mol. The monoisotopic (exact) mass is 316 g/mol. The van der Waals surface area contributed by atoms with E-state index in [4.69, 9.17) is 11.6 Å². The summed E-state index contributed by atoms with van der Waals surface area (Å²) in [5, 5.41) is 0.441. The first-order chi connectivity index (χ1) is 8.00. The molecular formula is C13H8BrClF2. The number of rotatable bonds is 1. The highest BCUT2D eigenvalue weighted by Crippen LogP contribution is 2.38. The van der Waals surface area contributed by atoms with Gasteiger partial charge in [0.2, 0.25) is 0 Å². The van der Waals surface area contributed by atoms with Crippen LogP contribution in [-0.2, 0) is 0 Å². The van der Waals surface area contributed by atoms with Gasteiger partial charge in [0.05, 0.1) is 0 Å². The quantitative estimate of drug-likeness (QED) is 0.664. The van der Waals surface area contributed by atoms with E-state index in [0.29, 0.717) is 15.1 Å². The van der Waals surface area contributed by atoms with E-state index in [1.807, 2.05) is 13.0 Å². The van der Waals surface area contributed by atoms with Crippen molar-refractivity contribution in [3.63, 3.8) is 0 Å². The van der Waals surface area contributed by atoms with Crippen LogP contribution in [0.15, 0.2) is 34.8 Å². The lowest BCUT2D eigenvalue weighted by Crippen LogP contribution is -1.92. The minimum Gasteiger partial charge on any atom is -0.207 e. The van der Waals surface area contributed by atoms with Gasteiger partial charge in [-0.25, -0.2) is 8.78 Å². The summed E-state index contributed by atoms with van der Waals surface area (Å²) >= 11 is 9.23. The van der Waals surface area contributed by atoms with Gasteiger partial charge in [-0.2, -0.15) is 0 Å². The Morgan fingerprint density at radius 3 is 2.41 bits per heavy atom. The van der Waals surface area contributed by atoms with Gasteiger partial charge in [-0.05, 0) is 40.5 Å². The third kappa shape index (κ3) is 2.35. The second kappa shape index (κ2) is 4.75. The minimum atomic E-state index is -0.631. The van der Waals surface area contributed by atoms with Crippen molar-refractivity contribution in [1.82, 2.24) is 0 Å². The van der Waals surface area contributed by atoms with Crippen LogP contribution in [0.3, 0.4) is 0 Å². The van der Waals surface area contributed by atoms with Gasteiger partial charge in [0.1, 0.15) is 11.6 Å². The largest absolute Gasteiger partial charge is 0.207 e. The third-order valence-corrected chi connectivity index (χ3v) is 3.42. The van der Waals surface area contributed by atoms with Crippen LogP contribution in [0.1, 0.15) is 5.56 Å². The lowest BCUT2D eigenvalue weighted by atomic mass is 10.00. The van der Waals surface area contributed by atoms with Gasteiger partial charge >= 0.3 is 0 Å². The average Bonchev–Trinajstić information content (AvgIpc) is 2.21. The topological polar surface area (TPSA) is 0 Å². The molecule has 0 aromatic heterocycles. The molecule has 0 nitrogen and oxygen atoms in total. The lowest BCUT2D eigenvalue weighted by Gasteiger charge is -2.11. The maximum atomic E-state index is 13.8. The van der Waals surface area contributed by atoms with Crippen molar-refractivity contribution in [3.05, 3.63) is 57.0 Å². The molecule has 2 rings (SSSR count). The zero-order chi connectivity index (χ0) is 12.6. The molecule has 0 fully saturated rings. The van der Waals surface area contributed by atoms with Crippen molar-refractivity contribution in [2.24, 2.45) is 0 Å². The molecule has 0 saturated carbocycles. The van der Waals surface area contributed by atoms with Crippen LogP contribution in [0.2, 0.25) is 5.02 Å². The highest BCUT2D eigenvalue weighted by molar-refractivity contribution is 9.10. The lowest BCUT2D eigenvalue weighted by molar-refractivity contribution is 0.584. The fraction of sp³-hybridized carbons (Fsp3) is 0.0769. The van der Waals surface area contributed by atoms with Crippen molar-refractivity contribution in [2.45, 2.75) is 6.92 Å². The van der Waals surface area contributed by atoms with E-state index in [1.165, 1.54) is 6.07 Å². The van der Waals surface area contributed by atoms with Crippen molar-refractivity contribution in [1.29, 1.82) is 0 Å². The zero-order valence-corrected chi connectivity index (χ0v) is 11.2. The van der Waals surface area contributed by atoms with E-state index >= 15 is 0 Å². The molecule has 4 heteroatoms. The molecule has 0 bridgehead atoms. The summed E-state index contributed by atoms with van der Waals surface area (Å²) in [6.07, 6.45) is 0. The number of aryl methyl sites for hydroxylation is 1. The predicted octanol–water partition coefficient (Wildman–Crippen LogP) is 5.36. The van der Waals surface area contributed by atoms with E-state index in [2.05, 4.69) is 15.9 Å². The maximum Gasteiger partial charge on any atom is 0.135 e. The van der Waals surface area contributed by atoms with Crippen LogP contribution in [0.25, 0.3) is 11.1 Å². The van der Waals surface area contributed by atoms with Gasteiger partial charge in [0, 0.05) is 26.7 Å². The van der Waals surface area contributed by atoms with Crippen molar-refractivity contribution < 1.29 is 8.78 Å². The zero-order valence-electron chi connectivity index (χ0n) is 8.90. The van der Waals surface area contributed by atoms with E-state index in [-0.39, 0.29) is 5.56 Å². The first kappa shape index (κ1) is 12.5. The smallest absolute Gasteiger partial charge is 0.135 e. The molecule has 0 spiro atoms. The Morgan fingerprint density at radius 2 is 1.82 bits per heavy atom. The molecule has 0 aliphatic carbocycles. The van der Waals surface area contributed by atoms with E-state index in [1.54, 1.807) is 12.1 Å². The highest BCUT2D eigenvalue weighted by atomic mass is 79.9. The Kier molecular flexibility index (Phi) is 3.50. The number of halogens is 4. The Hall–Kier alpha value is -0.930. The van der Waals surface area contributed by atoms with Crippen LogP contribution >= 0.6 is 27.5 Å². The van der Waals surface area contributed by atoms with Gasteiger partial charge in [0.15, 0.2) is 0 Å². The molecule has 0 atom stereocenters. The van der Waals surface area contributed by atoms with Gasteiger partial charge < -0.3 is 0 Å². The minimum absolute atomic E-state index is 0.287. The SMILES string of the molecule is Cc1cccc(Cl)c1-c1c(F)cc(F)cc1Br. The molecule has 0 N–H and O–H groups in total. The van der Waals surface area contributed by atoms with E-state index in [9.17, 15) is 8.78 Å². The highest BCUT2D eigenvalue weighted by Gasteiger charge is 2.16. The fourth-order valence-electron chi connectivity index (χ4n) is 1.73. The van der Waals surface area contributed by atoms with Gasteiger partial charge in [0.25, 0.3) is 0 Å². The molecule has 0 unspecified atom stereocenters. The van der Waals surface area contributed by atoms with Gasteiger partial charge in [-0.1, -0.05) is 23.7 Å². The second-order valence-corrected chi connectivity index (χ2v) is 4.94. The fourth-order valence-corrected chi connectivity index (χ4v) is 2.65. The van der Waals surface area contributed by atoms with Crippen molar-refractivity contribution >= 4 is 27.5 Å². The summed E-state index contributed by atoms with van der Waals surface area (Å²) in [6, 6.07) is 7.37. The van der Waals surface area contributed by atoms with Crippen LogP contribution in [0, 0.1) is 18.6 Å². The first-order valence-corrected chi connectivity index (χ1v) is 6.08. The molecule has 0 saturated heterocycles. The van der Waals surface area contributed by atoms with Crippen LogP contribution in [-0.4, -0.2) is 0 Å². The second-order valence-electron chi connectivity index (χ2n) is 3.68. The average molecular weight is 318 g/mol. The Labute approximate surface area is 111 Å². The summed E-state index contributed by atoms with van der Waals surface area (Å²) in [5.74, 6) is -1.25. The Morgan fingerprint density at radius 1 is 1.12 bits per heavy atom. The molecule has 2 aromatic carbocycles. The van der Waals surface area contributed by atoms with Gasteiger partial charge in [-0.15, -0.1) is 0 Å². The molecule has 2 aromatic rings. The number of hydrogen-bond acceptors (Lipinski definition) is 0. The third-order valence-electron chi connectivity index (χ3n) is 2.48. The van der Waals surface area contributed by atoms with Crippen LogP contribution in [0.5, 0.6) is 0 Å². The van der Waals surface area contributed by atoms with Gasteiger partial charge in [-0.3, -0.25) is 0 Å². The molecule has 0 radical (unpaired) electrons. The number of benzene rings is 2. The summed E-state index contributed by atoms with van der Waals surface area (Å²) in [6.45, 7) is 1.83.